The van der Waals surface area contributed by atoms with Gasteiger partial charge in [-0.2, -0.15) is 0 Å². The molecular weight excluding hydrogens is 228 g/mol. The van der Waals surface area contributed by atoms with E-state index in [4.69, 9.17) is 0 Å². The Labute approximate surface area is 109 Å². The number of anilines is 2. The van der Waals surface area contributed by atoms with E-state index in [1.807, 2.05) is 14.0 Å². The SMILES string of the molecule is CNc1ncnc(NC(C)CC(C)O)c1C(C)C. The number of hydrogen-bond acceptors (Lipinski definition) is 5. The number of aromatic nitrogens is 2. The minimum absolute atomic E-state index is 0.169. The van der Waals surface area contributed by atoms with Crippen LogP contribution < -0.4 is 10.6 Å². The smallest absolute Gasteiger partial charge is 0.135 e. The third-order valence-electron chi connectivity index (χ3n) is 2.78. The molecule has 1 aromatic heterocycles. The molecule has 0 amide bonds. The van der Waals surface area contributed by atoms with Gasteiger partial charge in [0.1, 0.15) is 18.0 Å². The van der Waals surface area contributed by atoms with E-state index in [1.165, 1.54) is 0 Å². The number of hydrogen-bond donors (Lipinski definition) is 3. The lowest BCUT2D eigenvalue weighted by atomic mass is 10.0. The van der Waals surface area contributed by atoms with Gasteiger partial charge in [-0.15, -0.1) is 0 Å². The Bertz CT molecular complexity index is 379. The van der Waals surface area contributed by atoms with Gasteiger partial charge in [-0.25, -0.2) is 9.97 Å². The Morgan fingerprint density at radius 3 is 2.28 bits per heavy atom. The Kier molecular flexibility index (Phi) is 5.34. The second kappa shape index (κ2) is 6.54. The van der Waals surface area contributed by atoms with Gasteiger partial charge in [0, 0.05) is 18.7 Å². The molecule has 0 radical (unpaired) electrons. The highest BCUT2D eigenvalue weighted by Crippen LogP contribution is 2.28. The minimum Gasteiger partial charge on any atom is -0.393 e. The van der Waals surface area contributed by atoms with Gasteiger partial charge in [0.2, 0.25) is 0 Å². The Morgan fingerprint density at radius 1 is 1.17 bits per heavy atom. The van der Waals surface area contributed by atoms with Crippen LogP contribution in [0.25, 0.3) is 0 Å². The van der Waals surface area contributed by atoms with E-state index < -0.39 is 0 Å². The summed E-state index contributed by atoms with van der Waals surface area (Å²) in [5.41, 5.74) is 1.08. The minimum atomic E-state index is -0.319. The first kappa shape index (κ1) is 14.7. The van der Waals surface area contributed by atoms with Gasteiger partial charge in [0.15, 0.2) is 0 Å². The molecule has 2 unspecified atom stereocenters. The summed E-state index contributed by atoms with van der Waals surface area (Å²) in [7, 11) is 1.86. The predicted molar refractivity (Wildman–Crippen MR) is 75.1 cm³/mol. The number of rotatable bonds is 6. The fourth-order valence-electron chi connectivity index (χ4n) is 2.06. The fourth-order valence-corrected chi connectivity index (χ4v) is 2.06. The first-order valence-electron chi connectivity index (χ1n) is 6.43. The van der Waals surface area contributed by atoms with Crippen molar-refractivity contribution in [2.75, 3.05) is 17.7 Å². The molecule has 0 aliphatic rings. The maximum Gasteiger partial charge on any atom is 0.135 e. The molecule has 0 aromatic carbocycles. The van der Waals surface area contributed by atoms with Gasteiger partial charge in [-0.1, -0.05) is 13.8 Å². The molecule has 0 saturated carbocycles. The number of nitrogens with zero attached hydrogens (tertiary/aromatic N) is 2. The highest BCUT2D eigenvalue weighted by atomic mass is 16.3. The summed E-state index contributed by atoms with van der Waals surface area (Å²) in [6.07, 6.45) is 1.92. The fraction of sp³-hybridized carbons (Fsp3) is 0.692. The molecule has 5 nitrogen and oxygen atoms in total. The molecule has 1 aromatic rings. The van der Waals surface area contributed by atoms with Crippen molar-refractivity contribution in [2.45, 2.75) is 52.2 Å². The molecule has 5 heteroatoms. The second-order valence-corrected chi connectivity index (χ2v) is 5.02. The summed E-state index contributed by atoms with van der Waals surface area (Å²) >= 11 is 0. The average Bonchev–Trinajstić information content (AvgIpc) is 2.26. The van der Waals surface area contributed by atoms with E-state index in [9.17, 15) is 5.11 Å². The normalized spacial score (nSPS) is 14.4. The van der Waals surface area contributed by atoms with Crippen LogP contribution in [0.4, 0.5) is 11.6 Å². The zero-order valence-electron chi connectivity index (χ0n) is 11.9. The van der Waals surface area contributed by atoms with Crippen LogP contribution in [0.2, 0.25) is 0 Å². The lowest BCUT2D eigenvalue weighted by Gasteiger charge is -2.21. The molecule has 1 rings (SSSR count). The van der Waals surface area contributed by atoms with Crippen molar-refractivity contribution in [3.63, 3.8) is 0 Å². The predicted octanol–water partition coefficient (Wildman–Crippen LogP) is 2.21. The summed E-state index contributed by atoms with van der Waals surface area (Å²) in [6.45, 7) is 8.06. The summed E-state index contributed by atoms with van der Waals surface area (Å²) in [4.78, 5) is 8.55. The highest BCUT2D eigenvalue weighted by Gasteiger charge is 2.16. The molecule has 0 saturated heterocycles. The standard InChI is InChI=1S/C13H24N4O/c1-8(2)11-12(14-5)15-7-16-13(11)17-9(3)6-10(4)18/h7-10,18H,6H2,1-5H3,(H2,14,15,16,17). The molecule has 1 heterocycles. The Balaban J connectivity index is 2.94. The van der Waals surface area contributed by atoms with E-state index in [2.05, 4.69) is 34.4 Å². The first-order chi connectivity index (χ1) is 8.45. The van der Waals surface area contributed by atoms with Crippen molar-refractivity contribution >= 4 is 11.6 Å². The molecule has 18 heavy (non-hydrogen) atoms. The van der Waals surface area contributed by atoms with Crippen LogP contribution in [-0.2, 0) is 0 Å². The molecule has 0 spiro atoms. The van der Waals surface area contributed by atoms with Crippen molar-refractivity contribution in [2.24, 2.45) is 0 Å². The first-order valence-corrected chi connectivity index (χ1v) is 6.43. The maximum atomic E-state index is 9.39. The molecule has 102 valence electrons. The van der Waals surface area contributed by atoms with E-state index >= 15 is 0 Å². The van der Waals surface area contributed by atoms with Gasteiger partial charge < -0.3 is 15.7 Å². The van der Waals surface area contributed by atoms with Crippen molar-refractivity contribution in [3.8, 4) is 0 Å². The topological polar surface area (TPSA) is 70.1 Å². The molecule has 0 bridgehead atoms. The van der Waals surface area contributed by atoms with Crippen LogP contribution >= 0.6 is 0 Å². The van der Waals surface area contributed by atoms with Gasteiger partial charge in [0.25, 0.3) is 0 Å². The van der Waals surface area contributed by atoms with Crippen molar-refractivity contribution in [3.05, 3.63) is 11.9 Å². The molecule has 3 N–H and O–H groups in total. The molecule has 0 fully saturated rings. The van der Waals surface area contributed by atoms with Gasteiger partial charge in [-0.3, -0.25) is 0 Å². The van der Waals surface area contributed by atoms with E-state index in [-0.39, 0.29) is 12.1 Å². The van der Waals surface area contributed by atoms with Crippen LogP contribution in [0.5, 0.6) is 0 Å². The molecular formula is C13H24N4O. The largest absolute Gasteiger partial charge is 0.393 e. The van der Waals surface area contributed by atoms with Crippen LogP contribution in [-0.4, -0.2) is 34.3 Å². The summed E-state index contributed by atoms with van der Waals surface area (Å²) in [5.74, 6) is 2.03. The number of aliphatic hydroxyl groups is 1. The van der Waals surface area contributed by atoms with Crippen LogP contribution in [0.3, 0.4) is 0 Å². The van der Waals surface area contributed by atoms with Crippen LogP contribution in [0.1, 0.15) is 45.6 Å². The van der Waals surface area contributed by atoms with Crippen molar-refractivity contribution in [1.29, 1.82) is 0 Å². The third-order valence-corrected chi connectivity index (χ3v) is 2.78. The van der Waals surface area contributed by atoms with E-state index in [1.54, 1.807) is 13.3 Å². The lowest BCUT2D eigenvalue weighted by molar-refractivity contribution is 0.179. The van der Waals surface area contributed by atoms with Gasteiger partial charge in [0.05, 0.1) is 6.10 Å². The molecule has 0 aliphatic heterocycles. The number of aliphatic hydroxyl groups excluding tert-OH is 1. The van der Waals surface area contributed by atoms with Gasteiger partial charge >= 0.3 is 0 Å². The summed E-state index contributed by atoms with van der Waals surface area (Å²) in [6, 6.07) is 0.169. The maximum absolute atomic E-state index is 9.39. The van der Waals surface area contributed by atoms with Crippen molar-refractivity contribution in [1.82, 2.24) is 9.97 Å². The molecule has 2 atom stereocenters. The van der Waals surface area contributed by atoms with E-state index in [0.717, 1.165) is 17.2 Å². The van der Waals surface area contributed by atoms with E-state index in [0.29, 0.717) is 12.3 Å². The van der Waals surface area contributed by atoms with Crippen molar-refractivity contribution < 1.29 is 5.11 Å². The zero-order chi connectivity index (χ0) is 13.7. The lowest BCUT2D eigenvalue weighted by Crippen LogP contribution is -2.22. The third kappa shape index (κ3) is 3.84. The Morgan fingerprint density at radius 2 is 1.78 bits per heavy atom. The summed E-state index contributed by atoms with van der Waals surface area (Å²) < 4.78 is 0. The quantitative estimate of drug-likeness (QED) is 0.724. The van der Waals surface area contributed by atoms with Crippen LogP contribution in [0, 0.1) is 0 Å². The van der Waals surface area contributed by atoms with Crippen LogP contribution in [0.15, 0.2) is 6.33 Å². The monoisotopic (exact) mass is 252 g/mol. The Hall–Kier alpha value is -1.36. The zero-order valence-corrected chi connectivity index (χ0v) is 11.9. The summed E-state index contributed by atoms with van der Waals surface area (Å²) in [5, 5.41) is 15.8. The molecule has 0 aliphatic carbocycles. The second-order valence-electron chi connectivity index (χ2n) is 5.02. The van der Waals surface area contributed by atoms with Gasteiger partial charge in [-0.05, 0) is 26.2 Å². The average molecular weight is 252 g/mol. The highest BCUT2D eigenvalue weighted by molar-refractivity contribution is 5.59. The number of nitrogens with one attached hydrogen (secondary N) is 2.